The summed E-state index contributed by atoms with van der Waals surface area (Å²) in [5.41, 5.74) is 7.68. The summed E-state index contributed by atoms with van der Waals surface area (Å²) in [5, 5.41) is 1.07. The van der Waals surface area contributed by atoms with Crippen molar-refractivity contribution in [2.45, 2.75) is 12.8 Å². The van der Waals surface area contributed by atoms with Gasteiger partial charge in [0.05, 0.1) is 21.4 Å². The molecule has 2 N–H and O–H groups in total. The van der Waals surface area contributed by atoms with Gasteiger partial charge in [-0.15, -0.1) is 0 Å². The number of likely N-dealkylation sites (tertiary alicyclic amines) is 1. The number of hydrogen-bond acceptors (Lipinski definition) is 3. The molecule has 0 saturated carbocycles. The van der Waals surface area contributed by atoms with Crippen LogP contribution in [0.25, 0.3) is 0 Å². The molecule has 0 atom stereocenters. The Bertz CT molecular complexity index is 443. The summed E-state index contributed by atoms with van der Waals surface area (Å²) in [6, 6.07) is 3.58. The maximum atomic E-state index is 6.07. The molecule has 1 fully saturated rings. The highest BCUT2D eigenvalue weighted by atomic mass is 35.5. The lowest BCUT2D eigenvalue weighted by Gasteiger charge is -2.33. The van der Waals surface area contributed by atoms with Crippen molar-refractivity contribution in [3.05, 3.63) is 22.2 Å². The number of nitrogen functional groups attached to an aromatic ring is 1. The lowest BCUT2D eigenvalue weighted by Crippen LogP contribution is -2.35. The minimum atomic E-state index is 0.510. The van der Waals surface area contributed by atoms with Crippen molar-refractivity contribution in [2.24, 2.45) is 5.92 Å². The highest BCUT2D eigenvalue weighted by molar-refractivity contribution is 6.42. The summed E-state index contributed by atoms with van der Waals surface area (Å²) in [6.45, 7) is 3.36. The minimum absolute atomic E-state index is 0.510. The molecule has 0 spiro atoms. The zero-order valence-corrected chi connectivity index (χ0v) is 13.0. The van der Waals surface area contributed by atoms with Crippen molar-refractivity contribution in [2.75, 3.05) is 44.4 Å². The number of nitrogens with two attached hydrogens (primary N) is 1. The zero-order valence-electron chi connectivity index (χ0n) is 11.5. The highest BCUT2D eigenvalue weighted by Crippen LogP contribution is 2.33. The van der Waals surface area contributed by atoms with Crippen LogP contribution in [0.4, 0.5) is 11.4 Å². The Morgan fingerprint density at radius 1 is 1.26 bits per heavy atom. The number of anilines is 2. The van der Waals surface area contributed by atoms with Gasteiger partial charge >= 0.3 is 0 Å². The lowest BCUT2D eigenvalue weighted by atomic mass is 9.96. The van der Waals surface area contributed by atoms with Crippen molar-refractivity contribution in [1.29, 1.82) is 0 Å². The average molecular weight is 302 g/mol. The average Bonchev–Trinajstić information content (AvgIpc) is 2.36. The van der Waals surface area contributed by atoms with Crippen LogP contribution in [-0.2, 0) is 0 Å². The molecule has 0 amide bonds. The predicted molar refractivity (Wildman–Crippen MR) is 84.4 cm³/mol. The van der Waals surface area contributed by atoms with Gasteiger partial charge in [-0.25, -0.2) is 0 Å². The van der Waals surface area contributed by atoms with E-state index in [0.29, 0.717) is 15.7 Å². The molecule has 1 aliphatic rings. The number of hydrogen-bond donors (Lipinski definition) is 1. The van der Waals surface area contributed by atoms with Crippen molar-refractivity contribution in [3.63, 3.8) is 0 Å². The van der Waals surface area contributed by atoms with E-state index in [1.54, 1.807) is 6.07 Å². The summed E-state index contributed by atoms with van der Waals surface area (Å²) in [5.74, 6) is 0.718. The van der Waals surface area contributed by atoms with E-state index in [0.717, 1.165) is 18.2 Å². The van der Waals surface area contributed by atoms with E-state index in [4.69, 9.17) is 28.9 Å². The molecule has 106 valence electrons. The molecule has 3 nitrogen and oxygen atoms in total. The van der Waals surface area contributed by atoms with Crippen LogP contribution >= 0.6 is 23.2 Å². The number of nitrogens with zero attached hydrogens (tertiary/aromatic N) is 2. The standard InChI is InChI=1S/C14H21Cl2N3/c1-18-5-3-10(4-6-18)9-19(2)14-8-12(16)11(15)7-13(14)17/h7-8,10H,3-6,9,17H2,1-2H3. The Balaban J connectivity index is 2.03. The maximum absolute atomic E-state index is 6.07. The van der Waals surface area contributed by atoms with Gasteiger partial charge in [0.15, 0.2) is 0 Å². The molecule has 0 radical (unpaired) electrons. The van der Waals surface area contributed by atoms with Crippen LogP contribution in [0.1, 0.15) is 12.8 Å². The van der Waals surface area contributed by atoms with E-state index in [1.165, 1.54) is 25.9 Å². The van der Waals surface area contributed by atoms with E-state index in [2.05, 4.69) is 23.9 Å². The fraction of sp³-hybridized carbons (Fsp3) is 0.571. The monoisotopic (exact) mass is 301 g/mol. The molecule has 1 aromatic carbocycles. The van der Waals surface area contributed by atoms with Crippen LogP contribution in [0.3, 0.4) is 0 Å². The summed E-state index contributed by atoms with van der Waals surface area (Å²) in [7, 11) is 4.24. The molecule has 1 aromatic rings. The van der Waals surface area contributed by atoms with E-state index in [9.17, 15) is 0 Å². The van der Waals surface area contributed by atoms with Gasteiger partial charge in [-0.3, -0.25) is 0 Å². The first-order chi connectivity index (χ1) is 8.97. The molecular formula is C14H21Cl2N3. The fourth-order valence-corrected chi connectivity index (χ4v) is 2.94. The van der Waals surface area contributed by atoms with Crippen LogP contribution in [0, 0.1) is 5.92 Å². The molecule has 1 aliphatic heterocycles. The van der Waals surface area contributed by atoms with Crippen LogP contribution in [0.15, 0.2) is 12.1 Å². The summed E-state index contributed by atoms with van der Waals surface area (Å²) < 4.78 is 0. The van der Waals surface area contributed by atoms with Crippen LogP contribution < -0.4 is 10.6 Å². The van der Waals surface area contributed by atoms with E-state index in [1.807, 2.05) is 6.07 Å². The fourth-order valence-electron chi connectivity index (χ4n) is 2.61. The smallest absolute Gasteiger partial charge is 0.0614 e. The third kappa shape index (κ3) is 3.68. The summed E-state index contributed by atoms with van der Waals surface area (Å²) in [6.07, 6.45) is 2.48. The molecule has 5 heteroatoms. The molecule has 0 bridgehead atoms. The normalized spacial score (nSPS) is 17.7. The Hall–Kier alpha value is -0.640. The molecule has 0 aliphatic carbocycles. The van der Waals surface area contributed by atoms with Crippen LogP contribution in [-0.4, -0.2) is 38.6 Å². The Labute approximate surface area is 125 Å². The first-order valence-electron chi connectivity index (χ1n) is 6.61. The Kier molecular flexibility index (Phi) is 4.82. The first kappa shape index (κ1) is 14.8. The van der Waals surface area contributed by atoms with Gasteiger partial charge in [0.2, 0.25) is 0 Å². The number of rotatable bonds is 3. The van der Waals surface area contributed by atoms with Crippen molar-refractivity contribution < 1.29 is 0 Å². The van der Waals surface area contributed by atoms with Gasteiger partial charge in [0, 0.05) is 13.6 Å². The molecular weight excluding hydrogens is 281 g/mol. The van der Waals surface area contributed by atoms with Crippen molar-refractivity contribution in [3.8, 4) is 0 Å². The molecule has 1 heterocycles. The van der Waals surface area contributed by atoms with E-state index >= 15 is 0 Å². The summed E-state index contributed by atoms with van der Waals surface area (Å²) >= 11 is 12.0. The SMILES string of the molecule is CN1CCC(CN(C)c2cc(Cl)c(Cl)cc2N)CC1. The zero-order chi connectivity index (χ0) is 14.0. The Morgan fingerprint density at radius 3 is 2.47 bits per heavy atom. The van der Waals surface area contributed by atoms with Gasteiger partial charge in [-0.05, 0) is 51.0 Å². The van der Waals surface area contributed by atoms with Crippen molar-refractivity contribution in [1.82, 2.24) is 4.90 Å². The first-order valence-corrected chi connectivity index (χ1v) is 7.37. The number of benzene rings is 1. The highest BCUT2D eigenvalue weighted by Gasteiger charge is 2.19. The van der Waals surface area contributed by atoms with Gasteiger partial charge in [0.25, 0.3) is 0 Å². The van der Waals surface area contributed by atoms with E-state index in [-0.39, 0.29) is 0 Å². The largest absolute Gasteiger partial charge is 0.397 e. The number of halogens is 2. The third-order valence-corrected chi connectivity index (χ3v) is 4.57. The second-order valence-corrected chi connectivity index (χ2v) is 6.27. The molecule has 19 heavy (non-hydrogen) atoms. The topological polar surface area (TPSA) is 32.5 Å². The predicted octanol–water partition coefficient (Wildman–Crippen LogP) is 3.35. The van der Waals surface area contributed by atoms with Crippen molar-refractivity contribution >= 4 is 34.6 Å². The van der Waals surface area contributed by atoms with Crippen LogP contribution in [0.5, 0.6) is 0 Å². The lowest BCUT2D eigenvalue weighted by molar-refractivity contribution is 0.222. The molecule has 0 aromatic heterocycles. The van der Waals surface area contributed by atoms with Gasteiger partial charge in [0.1, 0.15) is 0 Å². The quantitative estimate of drug-likeness (QED) is 0.869. The second-order valence-electron chi connectivity index (χ2n) is 5.45. The third-order valence-electron chi connectivity index (χ3n) is 3.85. The van der Waals surface area contributed by atoms with Gasteiger partial charge in [-0.1, -0.05) is 23.2 Å². The second kappa shape index (κ2) is 6.21. The molecule has 2 rings (SSSR count). The molecule has 1 saturated heterocycles. The van der Waals surface area contributed by atoms with Gasteiger partial charge in [-0.2, -0.15) is 0 Å². The van der Waals surface area contributed by atoms with Crippen LogP contribution in [0.2, 0.25) is 10.0 Å². The minimum Gasteiger partial charge on any atom is -0.397 e. The summed E-state index contributed by atoms with van der Waals surface area (Å²) in [4.78, 5) is 4.57. The number of piperidine rings is 1. The molecule has 0 unspecified atom stereocenters. The van der Waals surface area contributed by atoms with E-state index < -0.39 is 0 Å². The maximum Gasteiger partial charge on any atom is 0.0614 e. The van der Waals surface area contributed by atoms with Gasteiger partial charge < -0.3 is 15.5 Å². The Morgan fingerprint density at radius 2 is 1.84 bits per heavy atom.